The number of aliphatic hydroxyl groups excluding tert-OH is 1. The molecular weight excluding hydrogens is 330 g/mol. The third-order valence-electron chi connectivity index (χ3n) is 4.80. The topological polar surface area (TPSA) is 102 Å². The van der Waals surface area contributed by atoms with E-state index in [4.69, 9.17) is 5.11 Å². The summed E-state index contributed by atoms with van der Waals surface area (Å²) in [4.78, 5) is 32.9. The lowest BCUT2D eigenvalue weighted by atomic mass is 9.78. The molecule has 2 aliphatic heterocycles. The van der Waals surface area contributed by atoms with Crippen LogP contribution in [0.15, 0.2) is 5.16 Å². The van der Waals surface area contributed by atoms with Crippen molar-refractivity contribution >= 4 is 23.6 Å². The van der Waals surface area contributed by atoms with Crippen molar-refractivity contribution in [2.24, 2.45) is 5.41 Å². The van der Waals surface area contributed by atoms with E-state index in [1.807, 2.05) is 6.92 Å². The van der Waals surface area contributed by atoms with Gasteiger partial charge < -0.3 is 14.9 Å². The predicted molar refractivity (Wildman–Crippen MR) is 88.4 cm³/mol. The summed E-state index contributed by atoms with van der Waals surface area (Å²) >= 11 is 1.31. The lowest BCUT2D eigenvalue weighted by Crippen LogP contribution is -2.51. The molecule has 0 bridgehead atoms. The van der Waals surface area contributed by atoms with Crippen LogP contribution < -0.4 is 0 Å². The average Bonchev–Trinajstić information content (AvgIpc) is 3.17. The molecule has 0 unspecified atom stereocenters. The monoisotopic (exact) mass is 353 g/mol. The van der Waals surface area contributed by atoms with Gasteiger partial charge >= 0.3 is 0 Å². The number of likely N-dealkylation sites (tertiary alicyclic amines) is 2. The molecule has 1 spiro atoms. The van der Waals surface area contributed by atoms with Crippen molar-refractivity contribution in [1.29, 1.82) is 0 Å². The summed E-state index contributed by atoms with van der Waals surface area (Å²) < 4.78 is 0. The Bertz CT molecular complexity index is 620. The van der Waals surface area contributed by atoms with Crippen LogP contribution in [-0.4, -0.2) is 80.4 Å². The molecule has 2 fully saturated rings. The second kappa shape index (κ2) is 7.10. The van der Waals surface area contributed by atoms with Crippen molar-refractivity contribution in [1.82, 2.24) is 25.0 Å². The number of aromatic nitrogens is 3. The van der Waals surface area contributed by atoms with E-state index in [1.54, 1.807) is 9.80 Å². The fourth-order valence-electron chi connectivity index (χ4n) is 3.55. The minimum Gasteiger partial charge on any atom is -0.395 e. The van der Waals surface area contributed by atoms with Crippen LogP contribution in [0.2, 0.25) is 0 Å². The smallest absolute Gasteiger partial charge is 0.233 e. The number of nitrogens with zero attached hydrogens (tertiary/aromatic N) is 4. The molecule has 2 aliphatic rings. The Labute approximate surface area is 145 Å². The Morgan fingerprint density at radius 2 is 2.25 bits per heavy atom. The number of piperidine rings is 1. The van der Waals surface area contributed by atoms with E-state index in [0.717, 1.165) is 18.7 Å². The van der Waals surface area contributed by atoms with Gasteiger partial charge in [-0.2, -0.15) is 0 Å². The average molecular weight is 353 g/mol. The quantitative estimate of drug-likeness (QED) is 0.725. The van der Waals surface area contributed by atoms with Crippen LogP contribution in [0.25, 0.3) is 0 Å². The lowest BCUT2D eigenvalue weighted by Gasteiger charge is -2.39. The SMILES string of the molecule is Cc1nc(SCC(=O)N2CC[C@]3(CCCN(CCO)C3=O)C2)n[nH]1. The lowest BCUT2D eigenvalue weighted by molar-refractivity contribution is -0.146. The fourth-order valence-corrected chi connectivity index (χ4v) is 4.30. The molecule has 1 aromatic heterocycles. The molecule has 132 valence electrons. The number of aromatic amines is 1. The number of nitrogens with one attached hydrogen (secondary N) is 1. The maximum Gasteiger partial charge on any atom is 0.233 e. The molecule has 24 heavy (non-hydrogen) atoms. The zero-order valence-corrected chi connectivity index (χ0v) is 14.6. The van der Waals surface area contributed by atoms with Crippen LogP contribution in [0, 0.1) is 12.3 Å². The molecule has 9 heteroatoms. The summed E-state index contributed by atoms with van der Waals surface area (Å²) in [6, 6.07) is 0. The van der Waals surface area contributed by atoms with Gasteiger partial charge in [-0.25, -0.2) is 4.98 Å². The highest BCUT2D eigenvalue weighted by Gasteiger charge is 2.49. The molecule has 0 aliphatic carbocycles. The third-order valence-corrected chi connectivity index (χ3v) is 5.63. The van der Waals surface area contributed by atoms with Crippen LogP contribution in [0.5, 0.6) is 0 Å². The standard InChI is InChI=1S/C15H23N5O3S/c1-11-16-14(18-17-11)24-9-12(22)20-6-4-15(10-20)3-2-5-19(7-8-21)13(15)23/h21H,2-10H2,1H3,(H,16,17,18)/t15-/m1/s1. The van der Waals surface area contributed by atoms with Crippen molar-refractivity contribution in [2.75, 3.05) is 38.5 Å². The first-order valence-electron chi connectivity index (χ1n) is 8.24. The van der Waals surface area contributed by atoms with E-state index in [-0.39, 0.29) is 24.2 Å². The Morgan fingerprint density at radius 1 is 1.42 bits per heavy atom. The summed E-state index contributed by atoms with van der Waals surface area (Å²) in [6.07, 6.45) is 2.47. The minimum atomic E-state index is -0.449. The van der Waals surface area contributed by atoms with E-state index in [1.165, 1.54) is 11.8 Å². The highest BCUT2D eigenvalue weighted by molar-refractivity contribution is 7.99. The van der Waals surface area contributed by atoms with Gasteiger partial charge in [0.05, 0.1) is 17.8 Å². The molecule has 3 rings (SSSR count). The van der Waals surface area contributed by atoms with Gasteiger partial charge in [0.2, 0.25) is 17.0 Å². The zero-order chi connectivity index (χ0) is 17.2. The van der Waals surface area contributed by atoms with Gasteiger partial charge in [-0.3, -0.25) is 14.7 Å². The summed E-state index contributed by atoms with van der Waals surface area (Å²) in [5.74, 6) is 1.12. The van der Waals surface area contributed by atoms with Crippen LogP contribution in [0.1, 0.15) is 25.1 Å². The normalized spacial score (nSPS) is 24.2. The van der Waals surface area contributed by atoms with E-state index >= 15 is 0 Å². The summed E-state index contributed by atoms with van der Waals surface area (Å²) in [5, 5.41) is 16.4. The van der Waals surface area contributed by atoms with Crippen molar-refractivity contribution in [3.8, 4) is 0 Å². The Kier molecular flexibility index (Phi) is 5.09. The Morgan fingerprint density at radius 3 is 2.96 bits per heavy atom. The van der Waals surface area contributed by atoms with Gasteiger partial charge in [-0.05, 0) is 26.2 Å². The fraction of sp³-hybridized carbons (Fsp3) is 0.733. The molecule has 2 N–H and O–H groups in total. The first-order valence-corrected chi connectivity index (χ1v) is 9.22. The molecule has 0 saturated carbocycles. The number of H-pyrrole nitrogens is 1. The number of rotatable bonds is 5. The predicted octanol–water partition coefficient (Wildman–Crippen LogP) is 0.0386. The summed E-state index contributed by atoms with van der Waals surface area (Å²) in [5.41, 5.74) is -0.449. The van der Waals surface area contributed by atoms with E-state index in [0.29, 0.717) is 37.8 Å². The highest BCUT2D eigenvalue weighted by atomic mass is 32.2. The van der Waals surface area contributed by atoms with Crippen LogP contribution >= 0.6 is 11.8 Å². The van der Waals surface area contributed by atoms with Gasteiger partial charge in [-0.1, -0.05) is 11.8 Å². The molecule has 8 nitrogen and oxygen atoms in total. The van der Waals surface area contributed by atoms with Gasteiger partial charge in [0.15, 0.2) is 0 Å². The second-order valence-corrected chi connectivity index (χ2v) is 7.40. The minimum absolute atomic E-state index is 0.0167. The second-order valence-electron chi connectivity index (χ2n) is 6.46. The van der Waals surface area contributed by atoms with Crippen LogP contribution in [-0.2, 0) is 9.59 Å². The van der Waals surface area contributed by atoms with Crippen molar-refractivity contribution in [2.45, 2.75) is 31.3 Å². The maximum absolute atomic E-state index is 12.7. The largest absolute Gasteiger partial charge is 0.395 e. The van der Waals surface area contributed by atoms with Gasteiger partial charge in [0, 0.05) is 26.2 Å². The number of carbonyl (C=O) groups is 2. The van der Waals surface area contributed by atoms with Crippen molar-refractivity contribution in [3.05, 3.63) is 5.82 Å². The number of thioether (sulfide) groups is 1. The molecule has 0 radical (unpaired) electrons. The number of aryl methyl sites for hydroxylation is 1. The first-order chi connectivity index (χ1) is 11.5. The molecule has 2 saturated heterocycles. The Hall–Kier alpha value is -1.61. The first kappa shape index (κ1) is 17.2. The van der Waals surface area contributed by atoms with E-state index < -0.39 is 5.41 Å². The number of hydrogen-bond acceptors (Lipinski definition) is 6. The highest BCUT2D eigenvalue weighted by Crippen LogP contribution is 2.40. The summed E-state index contributed by atoms with van der Waals surface area (Å²) in [7, 11) is 0. The number of carbonyl (C=O) groups excluding carboxylic acids is 2. The van der Waals surface area contributed by atoms with Crippen molar-refractivity contribution < 1.29 is 14.7 Å². The van der Waals surface area contributed by atoms with Crippen LogP contribution in [0.3, 0.4) is 0 Å². The van der Waals surface area contributed by atoms with Crippen molar-refractivity contribution in [3.63, 3.8) is 0 Å². The van der Waals surface area contributed by atoms with Gasteiger partial charge in [0.25, 0.3) is 0 Å². The zero-order valence-electron chi connectivity index (χ0n) is 13.8. The number of aliphatic hydroxyl groups is 1. The molecule has 3 heterocycles. The molecule has 1 atom stereocenters. The van der Waals surface area contributed by atoms with Gasteiger partial charge in [-0.15, -0.1) is 5.10 Å². The number of β-amino-alcohol motifs (C(OH)–C–C–N with tert-alkyl or cyclic N) is 1. The molecule has 2 amide bonds. The molecule has 0 aromatic carbocycles. The molecule has 1 aromatic rings. The van der Waals surface area contributed by atoms with E-state index in [9.17, 15) is 9.59 Å². The van der Waals surface area contributed by atoms with E-state index in [2.05, 4.69) is 15.2 Å². The maximum atomic E-state index is 12.7. The van der Waals surface area contributed by atoms with Crippen LogP contribution in [0.4, 0.5) is 0 Å². The number of amides is 2. The number of hydrogen-bond donors (Lipinski definition) is 2. The Balaban J connectivity index is 1.57. The van der Waals surface area contributed by atoms with Gasteiger partial charge in [0.1, 0.15) is 5.82 Å². The summed E-state index contributed by atoms with van der Waals surface area (Å²) in [6.45, 7) is 3.99. The molecular formula is C15H23N5O3S. The third kappa shape index (κ3) is 3.41.